The number of carbonyl (C=O) groups excluding carboxylic acids is 2. The number of amides is 2. The normalized spacial score (nSPS) is 25.3. The molecule has 3 rings (SSSR count). The molecule has 0 saturated carbocycles. The van der Waals surface area contributed by atoms with Crippen molar-refractivity contribution in [2.75, 3.05) is 19.6 Å². The van der Waals surface area contributed by atoms with E-state index in [9.17, 15) is 9.59 Å². The Morgan fingerprint density at radius 1 is 1.12 bits per heavy atom. The third-order valence-corrected chi connectivity index (χ3v) is 5.15. The molecule has 2 heterocycles. The summed E-state index contributed by atoms with van der Waals surface area (Å²) < 4.78 is 0. The Bertz CT molecular complexity index is 567. The third kappa shape index (κ3) is 4.15. The Morgan fingerprint density at radius 3 is 2.50 bits per heavy atom. The maximum atomic E-state index is 12.7. The Balaban J connectivity index is 1.47. The molecule has 2 aliphatic heterocycles. The lowest BCUT2D eigenvalue weighted by molar-refractivity contribution is -0.137. The summed E-state index contributed by atoms with van der Waals surface area (Å²) in [4.78, 5) is 26.9. The molecule has 1 aromatic carbocycles. The molecule has 2 amide bonds. The molecule has 5 heteroatoms. The van der Waals surface area contributed by atoms with Crippen LogP contribution in [0.15, 0.2) is 30.3 Å². The predicted molar refractivity (Wildman–Crippen MR) is 93.7 cm³/mol. The molecule has 2 saturated heterocycles. The highest BCUT2D eigenvalue weighted by atomic mass is 16.2. The average molecular weight is 329 g/mol. The number of carbonyl (C=O) groups is 2. The quantitative estimate of drug-likeness (QED) is 0.889. The van der Waals surface area contributed by atoms with E-state index in [0.29, 0.717) is 17.5 Å². The number of nitrogens with zero attached hydrogens (tertiary/aromatic N) is 1. The van der Waals surface area contributed by atoms with Gasteiger partial charge in [0.1, 0.15) is 0 Å². The summed E-state index contributed by atoms with van der Waals surface area (Å²) in [6.07, 6.45) is 3.55. The topological polar surface area (TPSA) is 61.4 Å². The van der Waals surface area contributed by atoms with E-state index in [4.69, 9.17) is 0 Å². The number of likely N-dealkylation sites (tertiary alicyclic amines) is 1. The summed E-state index contributed by atoms with van der Waals surface area (Å²) in [5.41, 5.74) is 0.694. The zero-order valence-corrected chi connectivity index (χ0v) is 14.3. The first kappa shape index (κ1) is 17.0. The van der Waals surface area contributed by atoms with Gasteiger partial charge in [0.05, 0.1) is 0 Å². The van der Waals surface area contributed by atoms with Crippen molar-refractivity contribution >= 4 is 11.8 Å². The van der Waals surface area contributed by atoms with E-state index in [-0.39, 0.29) is 17.9 Å². The van der Waals surface area contributed by atoms with Gasteiger partial charge in [0.15, 0.2) is 0 Å². The third-order valence-electron chi connectivity index (χ3n) is 5.15. The number of hydrogen-bond donors (Lipinski definition) is 2. The van der Waals surface area contributed by atoms with Crippen LogP contribution in [0.1, 0.15) is 43.0 Å². The SMILES string of the molecule is C[C@H]1C[C@@H](C(=O)N2CCC(NC(=O)c3ccccc3)CC2)CCN1. The lowest BCUT2D eigenvalue weighted by Crippen LogP contribution is -2.50. The van der Waals surface area contributed by atoms with Crippen LogP contribution in [-0.2, 0) is 4.79 Å². The molecule has 5 nitrogen and oxygen atoms in total. The molecular formula is C19H27N3O2. The van der Waals surface area contributed by atoms with Crippen molar-refractivity contribution in [3.63, 3.8) is 0 Å². The van der Waals surface area contributed by atoms with Crippen LogP contribution >= 0.6 is 0 Å². The number of hydrogen-bond acceptors (Lipinski definition) is 3. The van der Waals surface area contributed by atoms with Crippen molar-refractivity contribution in [2.24, 2.45) is 5.92 Å². The number of nitrogens with one attached hydrogen (secondary N) is 2. The molecule has 0 radical (unpaired) electrons. The van der Waals surface area contributed by atoms with Crippen molar-refractivity contribution in [3.05, 3.63) is 35.9 Å². The maximum Gasteiger partial charge on any atom is 0.251 e. The van der Waals surface area contributed by atoms with Gasteiger partial charge >= 0.3 is 0 Å². The van der Waals surface area contributed by atoms with Crippen LogP contribution in [0, 0.1) is 5.92 Å². The largest absolute Gasteiger partial charge is 0.349 e. The van der Waals surface area contributed by atoms with E-state index in [1.807, 2.05) is 35.2 Å². The van der Waals surface area contributed by atoms with Crippen LogP contribution in [0.5, 0.6) is 0 Å². The summed E-state index contributed by atoms with van der Waals surface area (Å²) in [7, 11) is 0. The van der Waals surface area contributed by atoms with E-state index in [1.165, 1.54) is 0 Å². The predicted octanol–water partition coefficient (Wildman–Crippen LogP) is 1.80. The summed E-state index contributed by atoms with van der Waals surface area (Å²) in [5.74, 6) is 0.445. The zero-order valence-electron chi connectivity index (χ0n) is 14.3. The summed E-state index contributed by atoms with van der Waals surface area (Å²) >= 11 is 0. The molecule has 130 valence electrons. The van der Waals surface area contributed by atoms with Crippen LogP contribution in [0.4, 0.5) is 0 Å². The molecule has 1 aromatic rings. The van der Waals surface area contributed by atoms with Crippen molar-refractivity contribution in [3.8, 4) is 0 Å². The molecule has 24 heavy (non-hydrogen) atoms. The fourth-order valence-electron chi connectivity index (χ4n) is 3.72. The highest BCUT2D eigenvalue weighted by Crippen LogP contribution is 2.21. The Labute approximate surface area is 143 Å². The van der Waals surface area contributed by atoms with Gasteiger partial charge in [0.2, 0.25) is 5.91 Å². The van der Waals surface area contributed by atoms with Crippen molar-refractivity contribution < 1.29 is 9.59 Å². The molecule has 0 unspecified atom stereocenters. The lowest BCUT2D eigenvalue weighted by atomic mass is 9.91. The molecule has 0 aromatic heterocycles. The van der Waals surface area contributed by atoms with Crippen LogP contribution in [0.2, 0.25) is 0 Å². The van der Waals surface area contributed by atoms with Gasteiger partial charge in [0.25, 0.3) is 5.91 Å². The maximum absolute atomic E-state index is 12.7. The van der Waals surface area contributed by atoms with Crippen molar-refractivity contribution in [1.29, 1.82) is 0 Å². The van der Waals surface area contributed by atoms with Crippen LogP contribution < -0.4 is 10.6 Å². The first-order chi connectivity index (χ1) is 11.6. The Hall–Kier alpha value is -1.88. The van der Waals surface area contributed by atoms with Gasteiger partial charge in [0, 0.05) is 36.7 Å². The minimum Gasteiger partial charge on any atom is -0.349 e. The Morgan fingerprint density at radius 2 is 1.83 bits per heavy atom. The van der Waals surface area contributed by atoms with Gasteiger partial charge in [-0.1, -0.05) is 18.2 Å². The summed E-state index contributed by atoms with van der Waals surface area (Å²) in [6, 6.07) is 9.89. The van der Waals surface area contributed by atoms with Gasteiger partial charge in [-0.3, -0.25) is 9.59 Å². The first-order valence-corrected chi connectivity index (χ1v) is 9.01. The second-order valence-corrected chi connectivity index (χ2v) is 7.02. The van der Waals surface area contributed by atoms with Crippen molar-refractivity contribution in [1.82, 2.24) is 15.5 Å². The van der Waals surface area contributed by atoms with Gasteiger partial charge in [-0.05, 0) is 51.3 Å². The zero-order chi connectivity index (χ0) is 16.9. The second kappa shape index (κ2) is 7.79. The van der Waals surface area contributed by atoms with Crippen molar-refractivity contribution in [2.45, 2.75) is 44.7 Å². The first-order valence-electron chi connectivity index (χ1n) is 9.01. The van der Waals surface area contributed by atoms with Crippen LogP contribution in [0.3, 0.4) is 0 Å². The highest BCUT2D eigenvalue weighted by Gasteiger charge is 2.31. The molecule has 0 spiro atoms. The molecular weight excluding hydrogens is 302 g/mol. The highest BCUT2D eigenvalue weighted by molar-refractivity contribution is 5.94. The number of piperidine rings is 2. The molecule has 0 bridgehead atoms. The average Bonchev–Trinajstić information content (AvgIpc) is 2.62. The van der Waals surface area contributed by atoms with E-state index in [2.05, 4.69) is 17.6 Å². The van der Waals surface area contributed by atoms with Gasteiger partial charge in [-0.2, -0.15) is 0 Å². The standard InChI is InChI=1S/C19H27N3O2/c1-14-13-16(7-10-20-14)19(24)22-11-8-17(9-12-22)21-18(23)15-5-3-2-4-6-15/h2-6,14,16-17,20H,7-13H2,1H3,(H,21,23)/t14-,16-/m0/s1. The monoisotopic (exact) mass is 329 g/mol. The van der Waals surface area contributed by atoms with E-state index < -0.39 is 0 Å². The fraction of sp³-hybridized carbons (Fsp3) is 0.579. The molecule has 2 N–H and O–H groups in total. The lowest BCUT2D eigenvalue weighted by Gasteiger charge is -2.36. The van der Waals surface area contributed by atoms with E-state index >= 15 is 0 Å². The smallest absolute Gasteiger partial charge is 0.251 e. The molecule has 2 aliphatic rings. The molecule has 2 atom stereocenters. The van der Waals surface area contributed by atoms with Crippen LogP contribution in [0.25, 0.3) is 0 Å². The van der Waals surface area contributed by atoms with Gasteiger partial charge < -0.3 is 15.5 Å². The summed E-state index contributed by atoms with van der Waals surface area (Å²) in [5, 5.41) is 6.49. The minimum atomic E-state index is -0.0208. The van der Waals surface area contributed by atoms with E-state index in [0.717, 1.165) is 45.3 Å². The fourth-order valence-corrected chi connectivity index (χ4v) is 3.72. The minimum absolute atomic E-state index is 0.0208. The van der Waals surface area contributed by atoms with Gasteiger partial charge in [-0.25, -0.2) is 0 Å². The molecule has 2 fully saturated rings. The summed E-state index contributed by atoms with van der Waals surface area (Å²) in [6.45, 7) is 4.57. The van der Waals surface area contributed by atoms with E-state index in [1.54, 1.807) is 0 Å². The van der Waals surface area contributed by atoms with Crippen LogP contribution in [-0.4, -0.2) is 48.4 Å². The van der Waals surface area contributed by atoms with Gasteiger partial charge in [-0.15, -0.1) is 0 Å². The Kier molecular flexibility index (Phi) is 5.51. The number of rotatable bonds is 3. The number of benzene rings is 1. The second-order valence-electron chi connectivity index (χ2n) is 7.02. The molecule has 0 aliphatic carbocycles.